The molecule has 0 saturated carbocycles. The number of hydrogen-bond donors (Lipinski definition) is 3. The summed E-state index contributed by atoms with van der Waals surface area (Å²) in [6.07, 6.45) is 40.1. The van der Waals surface area contributed by atoms with Crippen molar-refractivity contribution in [1.29, 1.82) is 0 Å². The lowest BCUT2D eigenvalue weighted by Gasteiger charge is -2.47. The smallest absolute Gasteiger partial charge is 0.475 e. The maximum Gasteiger partial charge on any atom is 0.475 e. The van der Waals surface area contributed by atoms with Crippen LogP contribution in [0.25, 0.3) is 0 Å². The second-order valence-corrected chi connectivity index (χ2v) is 42.2. The Morgan fingerprint density at radius 1 is 0.400 bits per heavy atom. The molecule has 2 aromatic rings. The van der Waals surface area contributed by atoms with E-state index in [1.807, 2.05) is 36.4 Å². The highest BCUT2D eigenvalue weighted by molar-refractivity contribution is 7.48. The van der Waals surface area contributed by atoms with Crippen LogP contribution in [0.4, 0.5) is 0 Å². The van der Waals surface area contributed by atoms with Crippen LogP contribution < -0.4 is 10.6 Å². The SMILES string of the molecule is CCCCCCCCCCC[C@H](CC(=O)N[C@@H](CO[C@@H]1O[C@H](CO[Si](CC)(CC)CC)[C@@H](OP(=O)(OCc2ccccc2)OCc2ccccc2)[C@H](OC(=O)C[C@@H](CCCCCCCCCCC)OC(=O)CCCCCCCCC)[C@H]1NC(=O)C[C@@H](CCCCCCCCCCC)OC(=O)CCCCCCCCC)CC(=O)O)OC(=O)CCCCCCCCC. The number of rotatable bonds is 85. The molecule has 0 aromatic heterocycles. The van der Waals surface area contributed by atoms with E-state index in [0.717, 1.165) is 212 Å². The van der Waals surface area contributed by atoms with Crippen LogP contribution in [-0.4, -0.2) is 123 Å². The molecule has 1 aliphatic rings. The number of carbonyl (C=O) groups is 7. The molecular weight excluding hydrogens is 1620 g/mol. The van der Waals surface area contributed by atoms with Crippen molar-refractivity contribution in [3.63, 3.8) is 0 Å². The number of aliphatic carboxylic acids is 1. The molecule has 2 amide bonds. The standard InChI is InChI=1S/C102H179N2O19PSi/c1-10-19-25-31-37-40-46-49-61-71-88(118-95(109)74-64-52-43-34-28-22-13-4)78-92(105)103-87(77-94(107)108)83-114-102-99(104-93(106)79-89(72-62-50-47-41-38-32-26-20-11-2)119-96(110)75-65-53-44-35-29-23-14-5)101(122-98(112)80-90(73-63-51-48-42-39-33-27-21-12-3)120-97(111)76-66-54-45-36-30-24-15-6)100(91(121-102)84-117-125(16-7,17-8)18-9)123-124(113,115-81-85-67-57-55-58-68-85)116-82-86-69-59-56-60-70-86/h55-60,67-70,87-91,99-102H,10-54,61-66,71-84H2,1-9H3,(H,103,105)(H,104,106)(H,107,108)/t87-,88-,89-,90-,91-,99-,100-,101-,102-/m1/s1. The maximum absolute atomic E-state index is 16.3. The Kier molecular flexibility index (Phi) is 69.0. The van der Waals surface area contributed by atoms with Gasteiger partial charge in [-0.05, 0) is 87.0 Å². The minimum atomic E-state index is -4.94. The van der Waals surface area contributed by atoms with Crippen LogP contribution in [0.2, 0.25) is 18.1 Å². The molecule has 21 nitrogen and oxygen atoms in total. The van der Waals surface area contributed by atoms with Crippen molar-refractivity contribution in [1.82, 2.24) is 10.6 Å². The van der Waals surface area contributed by atoms with Crippen LogP contribution in [0.5, 0.6) is 0 Å². The first kappa shape index (κ1) is 114. The van der Waals surface area contributed by atoms with Gasteiger partial charge >= 0.3 is 37.7 Å². The molecule has 0 radical (unpaired) electrons. The lowest BCUT2D eigenvalue weighted by atomic mass is 9.95. The highest BCUT2D eigenvalue weighted by Crippen LogP contribution is 2.54. The van der Waals surface area contributed by atoms with Crippen LogP contribution in [0, 0.1) is 0 Å². The average Bonchev–Trinajstić information content (AvgIpc) is 0.770. The number of carboxylic acids is 1. The van der Waals surface area contributed by atoms with Crippen molar-refractivity contribution < 1.29 is 89.7 Å². The lowest BCUT2D eigenvalue weighted by Crippen LogP contribution is -2.67. The minimum Gasteiger partial charge on any atom is -0.481 e. The molecule has 1 heterocycles. The first-order valence-corrected chi connectivity index (χ1v) is 54.9. The fourth-order valence-electron chi connectivity index (χ4n) is 16.6. The van der Waals surface area contributed by atoms with Crippen molar-refractivity contribution in [2.45, 2.75) is 521 Å². The Balaban J connectivity index is 2.42. The normalized spacial score (nSPS) is 16.4. The molecule has 23 heteroatoms. The molecule has 0 aliphatic carbocycles. The Hall–Kier alpha value is -5.06. The molecule has 720 valence electrons. The first-order valence-electron chi connectivity index (χ1n) is 51.0. The molecule has 0 unspecified atom stereocenters. The van der Waals surface area contributed by atoms with Crippen LogP contribution >= 0.6 is 7.82 Å². The zero-order chi connectivity index (χ0) is 90.9. The molecule has 2 aromatic carbocycles. The van der Waals surface area contributed by atoms with E-state index in [0.29, 0.717) is 87.0 Å². The van der Waals surface area contributed by atoms with Crippen LogP contribution in [0.3, 0.4) is 0 Å². The number of unbranched alkanes of at least 4 members (excludes halogenated alkanes) is 42. The van der Waals surface area contributed by atoms with E-state index >= 15 is 14.2 Å². The van der Waals surface area contributed by atoms with Gasteiger partial charge in [0.1, 0.15) is 36.6 Å². The van der Waals surface area contributed by atoms with Crippen molar-refractivity contribution in [3.8, 4) is 0 Å². The van der Waals surface area contributed by atoms with Crippen LogP contribution in [0.1, 0.15) is 446 Å². The van der Waals surface area contributed by atoms with Gasteiger partial charge in [0, 0.05) is 19.3 Å². The maximum atomic E-state index is 16.3. The molecule has 9 atom stereocenters. The van der Waals surface area contributed by atoms with Crippen LogP contribution in [0.15, 0.2) is 60.7 Å². The van der Waals surface area contributed by atoms with Crippen molar-refractivity contribution in [3.05, 3.63) is 71.8 Å². The number of esters is 4. The second kappa shape index (κ2) is 75.6. The summed E-state index contributed by atoms with van der Waals surface area (Å²) < 4.78 is 83.2. The predicted molar refractivity (Wildman–Crippen MR) is 506 cm³/mol. The van der Waals surface area contributed by atoms with Gasteiger partial charge in [-0.1, -0.05) is 393 Å². The highest BCUT2D eigenvalue weighted by atomic mass is 31.2. The summed E-state index contributed by atoms with van der Waals surface area (Å²) in [6, 6.07) is 17.3. The van der Waals surface area contributed by atoms with Gasteiger partial charge in [-0.3, -0.25) is 47.1 Å². The largest absolute Gasteiger partial charge is 0.481 e. The van der Waals surface area contributed by atoms with Gasteiger partial charge in [-0.15, -0.1) is 0 Å². The van der Waals surface area contributed by atoms with E-state index in [2.05, 4.69) is 72.9 Å². The fourth-order valence-corrected chi connectivity index (χ4v) is 20.6. The summed E-state index contributed by atoms with van der Waals surface area (Å²) in [5, 5.41) is 16.8. The predicted octanol–water partition coefficient (Wildman–Crippen LogP) is 27.1. The summed E-state index contributed by atoms with van der Waals surface area (Å²) in [4.78, 5) is 102. The molecule has 0 bridgehead atoms. The third-order valence-electron chi connectivity index (χ3n) is 24.6. The monoisotopic (exact) mass is 1800 g/mol. The van der Waals surface area contributed by atoms with Gasteiger partial charge in [-0.25, -0.2) is 4.57 Å². The van der Waals surface area contributed by atoms with E-state index in [-0.39, 0.29) is 57.9 Å². The summed E-state index contributed by atoms with van der Waals surface area (Å²) in [5.41, 5.74) is 1.25. The quantitative estimate of drug-likeness (QED) is 0.0182. The Morgan fingerprint density at radius 2 is 0.728 bits per heavy atom. The molecule has 1 aliphatic heterocycles. The van der Waals surface area contributed by atoms with Gasteiger partial charge < -0.3 is 48.6 Å². The molecule has 0 spiro atoms. The summed E-state index contributed by atoms with van der Waals surface area (Å²) in [7, 11) is -7.59. The number of nitrogens with one attached hydrogen (secondary N) is 2. The number of carbonyl (C=O) groups excluding carboxylic acids is 6. The average molecular weight is 1800 g/mol. The zero-order valence-electron chi connectivity index (χ0n) is 80.2. The molecule has 1 fully saturated rings. The summed E-state index contributed by atoms with van der Waals surface area (Å²) in [6.45, 7) is 18.0. The molecule has 3 N–H and O–H groups in total. The van der Waals surface area contributed by atoms with E-state index < -0.39 is 126 Å². The first-order chi connectivity index (χ1) is 60.8. The number of phosphoric ester groups is 1. The number of amides is 2. The Morgan fingerprint density at radius 3 is 1.07 bits per heavy atom. The van der Waals surface area contributed by atoms with E-state index in [1.165, 1.54) is 57.8 Å². The lowest BCUT2D eigenvalue weighted by molar-refractivity contribution is -0.272. The topological polar surface area (TPSA) is 273 Å². The van der Waals surface area contributed by atoms with Crippen molar-refractivity contribution in [2.75, 3.05) is 13.2 Å². The Labute approximate surface area is 760 Å². The number of carboxylic acid groups (broad SMARTS) is 1. The molecule has 1 saturated heterocycles. The number of hydrogen-bond acceptors (Lipinski definition) is 18. The van der Waals surface area contributed by atoms with Gasteiger partial charge in [0.2, 0.25) is 11.8 Å². The Bertz CT molecular complexity index is 3000. The molecule has 125 heavy (non-hydrogen) atoms. The number of benzene rings is 2. The van der Waals surface area contributed by atoms with Crippen molar-refractivity contribution in [2.24, 2.45) is 0 Å². The van der Waals surface area contributed by atoms with Gasteiger partial charge in [0.15, 0.2) is 20.7 Å². The third kappa shape index (κ3) is 57.7. The third-order valence-corrected chi connectivity index (χ3v) is 30.7. The minimum absolute atomic E-state index is 0.158. The van der Waals surface area contributed by atoms with Crippen molar-refractivity contribution >= 4 is 57.8 Å². The van der Waals surface area contributed by atoms with E-state index in [4.69, 9.17) is 46.4 Å². The molecular formula is C102H179N2O19PSi. The van der Waals surface area contributed by atoms with Gasteiger partial charge in [-0.2, -0.15) is 0 Å². The summed E-state index contributed by atoms with van der Waals surface area (Å²) in [5.74, 6) is -4.62. The number of ether oxygens (including phenoxy) is 6. The van der Waals surface area contributed by atoms with Gasteiger partial charge in [0.25, 0.3) is 0 Å². The van der Waals surface area contributed by atoms with Gasteiger partial charge in [0.05, 0.1) is 58.2 Å². The molecule has 3 rings (SSSR count). The second-order valence-electron chi connectivity index (χ2n) is 35.8. The fraction of sp³-hybridized carbons (Fsp3) is 0.814. The summed E-state index contributed by atoms with van der Waals surface area (Å²) >= 11 is 0. The van der Waals surface area contributed by atoms with Crippen LogP contribution in [-0.2, 0) is 97.8 Å². The van der Waals surface area contributed by atoms with E-state index in [1.54, 1.807) is 24.3 Å². The van der Waals surface area contributed by atoms with E-state index in [9.17, 15) is 29.1 Å². The zero-order valence-corrected chi connectivity index (χ0v) is 82.1. The number of phosphoric acid groups is 1. The highest BCUT2D eigenvalue weighted by Gasteiger charge is 2.54.